The zero-order valence-corrected chi connectivity index (χ0v) is 15.0. The maximum Gasteiger partial charge on any atom is 0.135 e. The van der Waals surface area contributed by atoms with E-state index in [0.29, 0.717) is 0 Å². The van der Waals surface area contributed by atoms with E-state index >= 15 is 0 Å². The molecule has 0 fully saturated rings. The fourth-order valence-electron chi connectivity index (χ4n) is 3.98. The lowest BCUT2D eigenvalue weighted by Crippen LogP contribution is -2.33. The third-order valence-corrected chi connectivity index (χ3v) is 5.31. The predicted molar refractivity (Wildman–Crippen MR) is 114 cm³/mol. The van der Waals surface area contributed by atoms with Gasteiger partial charge < -0.3 is 4.42 Å². The van der Waals surface area contributed by atoms with Crippen molar-refractivity contribution in [2.45, 2.75) is 0 Å². The number of benzene rings is 3. The summed E-state index contributed by atoms with van der Waals surface area (Å²) in [6.07, 6.45) is 5.95. The molecule has 0 saturated heterocycles. The van der Waals surface area contributed by atoms with Crippen molar-refractivity contribution in [3.8, 4) is 0 Å². The van der Waals surface area contributed by atoms with Crippen LogP contribution in [0.2, 0.25) is 0 Å². The molecule has 4 nitrogen and oxygen atoms in total. The Morgan fingerprint density at radius 3 is 2.43 bits per heavy atom. The molecule has 0 radical (unpaired) electrons. The minimum Gasteiger partial charge on any atom is -0.464 e. The van der Waals surface area contributed by atoms with Gasteiger partial charge in [-0.15, -0.1) is 0 Å². The van der Waals surface area contributed by atoms with E-state index in [-0.39, 0.29) is 0 Å². The van der Waals surface area contributed by atoms with Crippen LogP contribution < -0.4 is 10.9 Å². The molecule has 3 heterocycles. The molecule has 0 aliphatic carbocycles. The van der Waals surface area contributed by atoms with E-state index in [1.54, 1.807) is 6.26 Å². The normalized spacial score (nSPS) is 14.0. The van der Waals surface area contributed by atoms with E-state index in [0.717, 1.165) is 39.1 Å². The molecule has 0 unspecified atom stereocenters. The molecule has 0 saturated carbocycles. The van der Waals surface area contributed by atoms with Crippen LogP contribution >= 0.6 is 0 Å². The number of para-hydroxylation sites is 1. The van der Waals surface area contributed by atoms with E-state index in [1.165, 1.54) is 10.8 Å². The van der Waals surface area contributed by atoms with E-state index in [9.17, 15) is 0 Å². The number of allylic oxidation sites excluding steroid dienone is 2. The van der Waals surface area contributed by atoms with Gasteiger partial charge in [0.15, 0.2) is 0 Å². The van der Waals surface area contributed by atoms with Crippen LogP contribution in [-0.4, -0.2) is 4.57 Å². The number of furan rings is 1. The van der Waals surface area contributed by atoms with Gasteiger partial charge in [-0.05, 0) is 35.9 Å². The molecule has 28 heavy (non-hydrogen) atoms. The van der Waals surface area contributed by atoms with Gasteiger partial charge in [-0.1, -0.05) is 48.5 Å². The van der Waals surface area contributed by atoms with Crippen molar-refractivity contribution in [3.63, 3.8) is 0 Å². The molecule has 1 aliphatic rings. The van der Waals surface area contributed by atoms with Crippen LogP contribution in [0.15, 0.2) is 95.6 Å². The number of rotatable bonds is 2. The molecule has 134 valence electrons. The number of hydrogen-bond acceptors (Lipinski definition) is 3. The smallest absolute Gasteiger partial charge is 0.135 e. The molecular formula is C24H17N3O. The fourth-order valence-corrected chi connectivity index (χ4v) is 3.98. The largest absolute Gasteiger partial charge is 0.464 e. The van der Waals surface area contributed by atoms with Crippen LogP contribution in [0.1, 0.15) is 5.56 Å². The van der Waals surface area contributed by atoms with Gasteiger partial charge in [-0.2, -0.15) is 0 Å². The van der Waals surface area contributed by atoms with Crippen LogP contribution in [0, 0.1) is 0 Å². The van der Waals surface area contributed by atoms with Gasteiger partial charge in [-0.3, -0.25) is 15.4 Å². The predicted octanol–water partition coefficient (Wildman–Crippen LogP) is 5.49. The summed E-state index contributed by atoms with van der Waals surface area (Å²) < 4.78 is 7.89. The van der Waals surface area contributed by atoms with Crippen molar-refractivity contribution in [2.75, 3.05) is 0 Å². The molecule has 0 spiro atoms. The second-order valence-electron chi connectivity index (χ2n) is 6.93. The quantitative estimate of drug-likeness (QED) is 0.436. The molecule has 0 amide bonds. The van der Waals surface area contributed by atoms with Crippen LogP contribution in [0.3, 0.4) is 0 Å². The highest BCUT2D eigenvalue weighted by Crippen LogP contribution is 2.34. The minimum atomic E-state index is 0.890. The highest BCUT2D eigenvalue weighted by atomic mass is 16.3. The molecule has 3 aromatic carbocycles. The maximum atomic E-state index is 5.66. The Bertz CT molecular complexity index is 1400. The molecule has 6 rings (SSSR count). The fraction of sp³-hybridized carbons (Fsp3) is 0. The van der Waals surface area contributed by atoms with Crippen molar-refractivity contribution in [1.29, 1.82) is 0 Å². The number of nitrogens with zero attached hydrogens (tertiary/aromatic N) is 1. The van der Waals surface area contributed by atoms with Crippen LogP contribution in [0.25, 0.3) is 44.3 Å². The van der Waals surface area contributed by atoms with E-state index in [4.69, 9.17) is 4.42 Å². The average molecular weight is 363 g/mol. The second-order valence-corrected chi connectivity index (χ2v) is 6.93. The van der Waals surface area contributed by atoms with E-state index < -0.39 is 0 Å². The lowest BCUT2D eigenvalue weighted by molar-refractivity contribution is 0.616. The Labute approximate surface area is 161 Å². The van der Waals surface area contributed by atoms with E-state index in [1.807, 2.05) is 24.3 Å². The summed E-state index contributed by atoms with van der Waals surface area (Å²) in [6.45, 7) is 0. The Morgan fingerprint density at radius 2 is 1.57 bits per heavy atom. The third-order valence-electron chi connectivity index (χ3n) is 5.31. The average Bonchev–Trinajstić information content (AvgIpc) is 3.35. The summed E-state index contributed by atoms with van der Waals surface area (Å²) in [7, 11) is 0. The van der Waals surface area contributed by atoms with Crippen molar-refractivity contribution >= 4 is 44.3 Å². The molecule has 0 atom stereocenters. The number of nitrogens with one attached hydrogen (secondary N) is 2. The number of hydrogen-bond donors (Lipinski definition) is 2. The summed E-state index contributed by atoms with van der Waals surface area (Å²) in [6, 6.07) is 25.1. The molecule has 4 heteroatoms. The zero-order valence-electron chi connectivity index (χ0n) is 15.0. The third kappa shape index (κ3) is 2.18. The lowest BCUT2D eigenvalue weighted by atomic mass is 10.1. The first kappa shape index (κ1) is 15.2. The Kier molecular flexibility index (Phi) is 3.14. The number of fused-ring (bicyclic) bond motifs is 4. The topological polar surface area (TPSA) is 42.1 Å². The zero-order chi connectivity index (χ0) is 18.5. The number of hydrazine groups is 1. The summed E-state index contributed by atoms with van der Waals surface area (Å²) in [5.41, 5.74) is 12.0. The Hall–Kier alpha value is -3.92. The Morgan fingerprint density at radius 1 is 0.714 bits per heavy atom. The first-order valence-electron chi connectivity index (χ1n) is 9.29. The van der Waals surface area contributed by atoms with Gasteiger partial charge >= 0.3 is 0 Å². The molecule has 0 bridgehead atoms. The van der Waals surface area contributed by atoms with Crippen LogP contribution in [0.5, 0.6) is 0 Å². The van der Waals surface area contributed by atoms with Crippen LogP contribution in [0.4, 0.5) is 0 Å². The molecule has 2 aromatic heterocycles. The maximum absolute atomic E-state index is 5.66. The summed E-state index contributed by atoms with van der Waals surface area (Å²) in [5.74, 6) is 0.969. The first-order valence-corrected chi connectivity index (χ1v) is 9.29. The number of aromatic nitrogens is 1. The highest BCUT2D eigenvalue weighted by Gasteiger charge is 2.16. The highest BCUT2D eigenvalue weighted by molar-refractivity contribution is 6.13. The molecular weight excluding hydrogens is 346 g/mol. The first-order chi connectivity index (χ1) is 13.9. The van der Waals surface area contributed by atoms with Crippen molar-refractivity contribution in [2.24, 2.45) is 0 Å². The van der Waals surface area contributed by atoms with Crippen molar-refractivity contribution in [1.82, 2.24) is 15.4 Å². The summed E-state index contributed by atoms with van der Waals surface area (Å²) >= 11 is 0. The second kappa shape index (κ2) is 5.79. The molecule has 2 N–H and O–H groups in total. The monoisotopic (exact) mass is 363 g/mol. The lowest BCUT2D eigenvalue weighted by Gasteiger charge is -2.21. The van der Waals surface area contributed by atoms with Crippen LogP contribution in [-0.2, 0) is 0 Å². The van der Waals surface area contributed by atoms with Crippen molar-refractivity contribution in [3.05, 3.63) is 96.8 Å². The molecule has 5 aromatic rings. The van der Waals surface area contributed by atoms with Gasteiger partial charge in [0.1, 0.15) is 11.4 Å². The van der Waals surface area contributed by atoms with Gasteiger partial charge in [0, 0.05) is 22.2 Å². The summed E-state index contributed by atoms with van der Waals surface area (Å²) in [4.78, 5) is 0. The minimum absolute atomic E-state index is 0.890. The summed E-state index contributed by atoms with van der Waals surface area (Å²) in [5, 5.41) is 3.55. The Balaban J connectivity index is 1.59. The van der Waals surface area contributed by atoms with Gasteiger partial charge in [0.05, 0.1) is 23.0 Å². The van der Waals surface area contributed by atoms with Crippen molar-refractivity contribution < 1.29 is 4.42 Å². The SMILES string of the molecule is C1=C(c2ccccc2)NNC(n2c3ccccc3c3cc4ccoc4cc32)=C1. The van der Waals surface area contributed by atoms with Gasteiger partial charge in [0.25, 0.3) is 0 Å². The van der Waals surface area contributed by atoms with Gasteiger partial charge in [-0.25, -0.2) is 0 Å². The van der Waals surface area contributed by atoms with Gasteiger partial charge in [0.2, 0.25) is 0 Å². The van der Waals surface area contributed by atoms with E-state index in [2.05, 4.69) is 76.1 Å². The standard InChI is InChI=1S/C24H17N3O/c1-2-6-16(7-3-1)20-10-11-24(26-25-20)27-21-9-5-4-8-18(21)19-14-17-12-13-28-23(17)15-22(19)27/h1-15,25-26H. The molecule has 1 aliphatic heterocycles.